The first-order valence-corrected chi connectivity index (χ1v) is 8.96. The van der Waals surface area contributed by atoms with Crippen LogP contribution < -0.4 is 4.72 Å². The molecule has 7 heteroatoms. The van der Waals surface area contributed by atoms with Gasteiger partial charge in [0.1, 0.15) is 16.5 Å². The van der Waals surface area contributed by atoms with Crippen LogP contribution in [0.15, 0.2) is 23.1 Å². The van der Waals surface area contributed by atoms with E-state index in [0.717, 1.165) is 38.1 Å². The number of nitrogens with zero attached hydrogens (tertiary/aromatic N) is 1. The molecule has 124 valence electrons. The summed E-state index contributed by atoms with van der Waals surface area (Å²) in [6, 6.07) is 2.43. The Morgan fingerprint density at radius 2 is 1.95 bits per heavy atom. The number of benzene rings is 1. The first kappa shape index (κ1) is 17.3. The lowest BCUT2D eigenvalue weighted by atomic mass is 9.98. The molecule has 1 N–H and O–H groups in total. The number of likely N-dealkylation sites (tertiary alicyclic amines) is 1. The van der Waals surface area contributed by atoms with Crippen LogP contribution >= 0.6 is 0 Å². The number of rotatable bonds is 5. The number of halogens is 2. The smallest absolute Gasteiger partial charge is 0.243 e. The zero-order valence-electron chi connectivity index (χ0n) is 12.9. The van der Waals surface area contributed by atoms with E-state index in [4.69, 9.17) is 0 Å². The number of sulfonamides is 1. The van der Waals surface area contributed by atoms with Gasteiger partial charge in [0, 0.05) is 12.6 Å². The average Bonchev–Trinajstić information content (AvgIpc) is 2.48. The van der Waals surface area contributed by atoms with Crippen molar-refractivity contribution in [2.75, 3.05) is 19.6 Å². The summed E-state index contributed by atoms with van der Waals surface area (Å²) in [4.78, 5) is 1.57. The van der Waals surface area contributed by atoms with E-state index in [1.54, 1.807) is 0 Å². The summed E-state index contributed by atoms with van der Waals surface area (Å²) >= 11 is 0. The van der Waals surface area contributed by atoms with E-state index in [0.29, 0.717) is 12.0 Å². The van der Waals surface area contributed by atoms with Gasteiger partial charge in [-0.25, -0.2) is 21.9 Å². The van der Waals surface area contributed by atoms with Crippen LogP contribution in [0.2, 0.25) is 0 Å². The highest BCUT2D eigenvalue weighted by molar-refractivity contribution is 7.89. The lowest BCUT2D eigenvalue weighted by molar-refractivity contribution is 0.148. The van der Waals surface area contributed by atoms with Crippen LogP contribution in [0.3, 0.4) is 0 Å². The summed E-state index contributed by atoms with van der Waals surface area (Å²) < 4.78 is 53.3. The average molecular weight is 332 g/mol. The maximum atomic E-state index is 13.6. The van der Waals surface area contributed by atoms with Crippen LogP contribution in [0.25, 0.3) is 0 Å². The lowest BCUT2D eigenvalue weighted by Crippen LogP contribution is -2.45. The zero-order valence-corrected chi connectivity index (χ0v) is 13.7. The largest absolute Gasteiger partial charge is 0.299 e. The standard InChI is InChI=1S/C15H22F2N2O2S/c1-11-5-7-19(8-6-11)12(2)10-18-22(20,21)15-9-13(16)3-4-14(15)17/h3-4,9,11-12,18H,5-8,10H2,1-2H3. The predicted octanol–water partition coefficient (Wildman–Crippen LogP) is 2.36. The van der Waals surface area contributed by atoms with Gasteiger partial charge in [-0.15, -0.1) is 0 Å². The van der Waals surface area contributed by atoms with E-state index in [2.05, 4.69) is 16.5 Å². The molecule has 1 aromatic rings. The van der Waals surface area contributed by atoms with Crippen LogP contribution in [0.4, 0.5) is 8.78 Å². The second-order valence-electron chi connectivity index (χ2n) is 5.99. The molecule has 0 bridgehead atoms. The van der Waals surface area contributed by atoms with Gasteiger partial charge in [0.2, 0.25) is 10.0 Å². The third-order valence-corrected chi connectivity index (χ3v) is 5.63. The van der Waals surface area contributed by atoms with Crippen molar-refractivity contribution in [2.45, 2.75) is 37.6 Å². The molecule has 1 aromatic carbocycles. The first-order chi connectivity index (χ1) is 10.3. The summed E-state index contributed by atoms with van der Waals surface area (Å²) in [6.07, 6.45) is 2.19. The van der Waals surface area contributed by atoms with Gasteiger partial charge in [0.05, 0.1) is 0 Å². The van der Waals surface area contributed by atoms with E-state index < -0.39 is 26.6 Å². The van der Waals surface area contributed by atoms with Crippen LogP contribution in [0, 0.1) is 17.6 Å². The molecule has 1 saturated heterocycles. The Kier molecular flexibility index (Phi) is 5.52. The minimum Gasteiger partial charge on any atom is -0.299 e. The molecular formula is C15H22F2N2O2S. The summed E-state index contributed by atoms with van der Waals surface area (Å²) in [5.41, 5.74) is 0. The normalized spacial score (nSPS) is 19.3. The van der Waals surface area contributed by atoms with Crippen molar-refractivity contribution in [3.8, 4) is 0 Å². The Morgan fingerprint density at radius 3 is 2.59 bits per heavy atom. The molecule has 1 heterocycles. The van der Waals surface area contributed by atoms with Gasteiger partial charge in [0.25, 0.3) is 0 Å². The minimum atomic E-state index is -4.05. The molecule has 1 aliphatic heterocycles. The highest BCUT2D eigenvalue weighted by Crippen LogP contribution is 2.19. The maximum Gasteiger partial charge on any atom is 0.243 e. The second-order valence-corrected chi connectivity index (χ2v) is 7.73. The second kappa shape index (κ2) is 7.02. The predicted molar refractivity (Wildman–Crippen MR) is 81.0 cm³/mol. The van der Waals surface area contributed by atoms with Crippen molar-refractivity contribution in [1.82, 2.24) is 9.62 Å². The van der Waals surface area contributed by atoms with Gasteiger partial charge >= 0.3 is 0 Å². The third-order valence-electron chi connectivity index (χ3n) is 4.19. The molecule has 0 amide bonds. The van der Waals surface area contributed by atoms with Crippen molar-refractivity contribution in [3.63, 3.8) is 0 Å². The SMILES string of the molecule is CC1CCN(C(C)CNS(=O)(=O)c2cc(F)ccc2F)CC1. The highest BCUT2D eigenvalue weighted by atomic mass is 32.2. The van der Waals surface area contributed by atoms with Gasteiger partial charge < -0.3 is 0 Å². The topological polar surface area (TPSA) is 49.4 Å². The molecule has 0 saturated carbocycles. The fourth-order valence-electron chi connectivity index (χ4n) is 2.59. The zero-order chi connectivity index (χ0) is 16.3. The van der Waals surface area contributed by atoms with E-state index >= 15 is 0 Å². The Labute approximate surface area is 130 Å². The summed E-state index contributed by atoms with van der Waals surface area (Å²) in [7, 11) is -4.05. The number of hydrogen-bond acceptors (Lipinski definition) is 3. The monoisotopic (exact) mass is 332 g/mol. The van der Waals surface area contributed by atoms with E-state index in [-0.39, 0.29) is 12.6 Å². The molecule has 4 nitrogen and oxygen atoms in total. The van der Waals surface area contributed by atoms with Gasteiger partial charge in [0.15, 0.2) is 0 Å². The third kappa shape index (κ3) is 4.24. The fraction of sp³-hybridized carbons (Fsp3) is 0.600. The number of piperidine rings is 1. The Hall–Kier alpha value is -1.05. The maximum absolute atomic E-state index is 13.6. The lowest BCUT2D eigenvalue weighted by Gasteiger charge is -2.34. The molecule has 0 aromatic heterocycles. The van der Waals surface area contributed by atoms with Gasteiger partial charge in [-0.1, -0.05) is 6.92 Å². The molecule has 1 unspecified atom stereocenters. The number of hydrogen-bond donors (Lipinski definition) is 1. The summed E-state index contributed by atoms with van der Waals surface area (Å²) in [5.74, 6) is -1.03. The molecule has 2 rings (SSSR count). The van der Waals surface area contributed by atoms with Crippen LogP contribution in [-0.2, 0) is 10.0 Å². The molecule has 0 aliphatic carbocycles. The van der Waals surface area contributed by atoms with Crippen molar-refractivity contribution in [1.29, 1.82) is 0 Å². The van der Waals surface area contributed by atoms with Gasteiger partial charge in [-0.2, -0.15) is 0 Å². The number of nitrogens with one attached hydrogen (secondary N) is 1. The molecule has 0 radical (unpaired) electrons. The Balaban J connectivity index is 1.99. The first-order valence-electron chi connectivity index (χ1n) is 7.48. The highest BCUT2D eigenvalue weighted by Gasteiger charge is 2.24. The Bertz CT molecular complexity index is 614. The van der Waals surface area contributed by atoms with Crippen molar-refractivity contribution in [2.24, 2.45) is 5.92 Å². The summed E-state index contributed by atoms with van der Waals surface area (Å²) in [6.45, 7) is 6.17. The molecule has 1 aliphatic rings. The quantitative estimate of drug-likeness (QED) is 0.900. The van der Waals surface area contributed by atoms with E-state index in [1.165, 1.54) is 0 Å². The van der Waals surface area contributed by atoms with Crippen LogP contribution in [0.5, 0.6) is 0 Å². The van der Waals surface area contributed by atoms with E-state index in [9.17, 15) is 17.2 Å². The Morgan fingerprint density at radius 1 is 1.32 bits per heavy atom. The summed E-state index contributed by atoms with van der Waals surface area (Å²) in [5, 5.41) is 0. The molecule has 0 spiro atoms. The fourth-order valence-corrected chi connectivity index (χ4v) is 3.80. The molecule has 1 atom stereocenters. The van der Waals surface area contributed by atoms with Crippen molar-refractivity contribution < 1.29 is 17.2 Å². The molecular weight excluding hydrogens is 310 g/mol. The van der Waals surface area contributed by atoms with Crippen molar-refractivity contribution in [3.05, 3.63) is 29.8 Å². The van der Waals surface area contributed by atoms with Crippen LogP contribution in [0.1, 0.15) is 26.7 Å². The molecule has 1 fully saturated rings. The molecule has 22 heavy (non-hydrogen) atoms. The van der Waals surface area contributed by atoms with Gasteiger partial charge in [-0.3, -0.25) is 4.90 Å². The van der Waals surface area contributed by atoms with Gasteiger partial charge in [-0.05, 0) is 57.0 Å². The van der Waals surface area contributed by atoms with E-state index in [1.807, 2.05) is 6.92 Å². The minimum absolute atomic E-state index is 0.0129. The van der Waals surface area contributed by atoms with Crippen LogP contribution in [-0.4, -0.2) is 39.0 Å². The van der Waals surface area contributed by atoms with Crippen molar-refractivity contribution >= 4 is 10.0 Å².